The number of benzene rings is 1. The van der Waals surface area contributed by atoms with E-state index in [1.807, 2.05) is 36.4 Å². The molecule has 1 aromatic rings. The van der Waals surface area contributed by atoms with Crippen molar-refractivity contribution in [3.05, 3.63) is 40.9 Å². The van der Waals surface area contributed by atoms with Crippen molar-refractivity contribution < 1.29 is 14.4 Å². The van der Waals surface area contributed by atoms with Crippen LogP contribution in [-0.2, 0) is 14.4 Å². The van der Waals surface area contributed by atoms with Crippen LogP contribution in [0, 0.1) is 11.8 Å². The van der Waals surface area contributed by atoms with E-state index in [1.165, 1.54) is 4.90 Å². The topological polar surface area (TPSA) is 66.5 Å². The van der Waals surface area contributed by atoms with Crippen LogP contribution in [0.1, 0.15) is 25.7 Å². The first-order valence-corrected chi connectivity index (χ1v) is 8.91. The molecule has 24 heavy (non-hydrogen) atoms. The molecule has 0 aromatic heterocycles. The van der Waals surface area contributed by atoms with Gasteiger partial charge in [0, 0.05) is 23.1 Å². The first-order chi connectivity index (χ1) is 11.6. The number of fused-ring (bicyclic) bond motifs is 1. The highest BCUT2D eigenvalue weighted by Crippen LogP contribution is 2.35. The second-order valence-electron chi connectivity index (χ2n) is 6.14. The van der Waals surface area contributed by atoms with Crippen molar-refractivity contribution >= 4 is 39.3 Å². The van der Waals surface area contributed by atoms with Gasteiger partial charge < -0.3 is 5.32 Å². The lowest BCUT2D eigenvalue weighted by molar-refractivity contribution is -0.140. The highest BCUT2D eigenvalue weighted by molar-refractivity contribution is 9.10. The van der Waals surface area contributed by atoms with E-state index in [1.54, 1.807) is 0 Å². The second-order valence-corrected chi connectivity index (χ2v) is 7.06. The molecule has 0 unspecified atom stereocenters. The molecule has 1 fully saturated rings. The van der Waals surface area contributed by atoms with E-state index < -0.39 is 0 Å². The van der Waals surface area contributed by atoms with Gasteiger partial charge in [0.1, 0.15) is 0 Å². The number of halogens is 1. The molecule has 1 aliphatic carbocycles. The van der Waals surface area contributed by atoms with Crippen LogP contribution in [0.15, 0.2) is 40.9 Å². The number of likely N-dealkylation sites (tertiary alicyclic amines) is 1. The molecule has 2 aliphatic rings. The number of nitrogens with zero attached hydrogens (tertiary/aromatic N) is 1. The van der Waals surface area contributed by atoms with Gasteiger partial charge in [-0.2, -0.15) is 0 Å². The third-order valence-corrected chi connectivity index (χ3v) is 5.04. The van der Waals surface area contributed by atoms with Crippen LogP contribution in [0.4, 0.5) is 5.69 Å². The van der Waals surface area contributed by atoms with E-state index in [-0.39, 0.29) is 36.0 Å². The number of hydrogen-bond donors (Lipinski definition) is 1. The molecule has 1 aliphatic heterocycles. The zero-order valence-corrected chi connectivity index (χ0v) is 14.8. The molecule has 0 saturated carbocycles. The minimum atomic E-state index is -0.195. The van der Waals surface area contributed by atoms with Crippen LogP contribution in [0.2, 0.25) is 0 Å². The van der Waals surface area contributed by atoms with Crippen LogP contribution in [-0.4, -0.2) is 29.2 Å². The Morgan fingerprint density at radius 1 is 1.08 bits per heavy atom. The predicted octanol–water partition coefficient (Wildman–Crippen LogP) is 3.12. The van der Waals surface area contributed by atoms with Crippen molar-refractivity contribution in [2.75, 3.05) is 11.9 Å². The van der Waals surface area contributed by atoms with Gasteiger partial charge in [-0.15, -0.1) is 0 Å². The first-order valence-electron chi connectivity index (χ1n) is 8.12. The molecule has 5 nitrogen and oxygen atoms in total. The molecule has 0 radical (unpaired) electrons. The largest absolute Gasteiger partial charge is 0.326 e. The van der Waals surface area contributed by atoms with Gasteiger partial charge in [-0.1, -0.05) is 28.1 Å². The minimum absolute atomic E-state index is 0.0809. The standard InChI is InChI=1S/C18H19BrN2O3/c19-12-7-9-13(10-8-12)20-16(22)6-3-11-21-17(23)14-4-1-2-5-15(14)18(21)24/h1-2,7-10,14-15H,3-6,11H2,(H,20,22)/t14-,15+. The predicted molar refractivity (Wildman–Crippen MR) is 94.1 cm³/mol. The number of rotatable bonds is 5. The molecule has 126 valence electrons. The van der Waals surface area contributed by atoms with Gasteiger partial charge in [0.05, 0.1) is 11.8 Å². The van der Waals surface area contributed by atoms with Crippen LogP contribution >= 0.6 is 15.9 Å². The summed E-state index contributed by atoms with van der Waals surface area (Å²) in [5, 5.41) is 2.81. The molecular weight excluding hydrogens is 372 g/mol. The summed E-state index contributed by atoms with van der Waals surface area (Å²) in [4.78, 5) is 37.9. The normalized spacial score (nSPS) is 22.6. The Morgan fingerprint density at radius 2 is 1.67 bits per heavy atom. The molecule has 1 heterocycles. The third kappa shape index (κ3) is 3.59. The number of nitrogens with one attached hydrogen (secondary N) is 1. The van der Waals surface area contributed by atoms with Crippen LogP contribution in [0.3, 0.4) is 0 Å². The van der Waals surface area contributed by atoms with E-state index in [0.29, 0.717) is 25.8 Å². The summed E-state index contributed by atoms with van der Waals surface area (Å²) in [5.74, 6) is -0.668. The number of anilines is 1. The van der Waals surface area contributed by atoms with Crippen LogP contribution < -0.4 is 5.32 Å². The van der Waals surface area contributed by atoms with Gasteiger partial charge in [-0.05, 0) is 43.5 Å². The zero-order valence-electron chi connectivity index (χ0n) is 13.2. The Hall–Kier alpha value is -1.95. The molecule has 6 heteroatoms. The molecule has 3 rings (SSSR count). The molecule has 0 bridgehead atoms. The lowest BCUT2D eigenvalue weighted by atomic mass is 9.85. The van der Waals surface area contributed by atoms with Crippen molar-refractivity contribution in [3.8, 4) is 0 Å². The first kappa shape index (κ1) is 16.9. The number of allylic oxidation sites excluding steroid dienone is 2. The summed E-state index contributed by atoms with van der Waals surface area (Å²) < 4.78 is 0.947. The number of carbonyl (C=O) groups excluding carboxylic acids is 3. The van der Waals surface area contributed by atoms with Crippen molar-refractivity contribution in [1.29, 1.82) is 0 Å². The van der Waals surface area contributed by atoms with Crippen LogP contribution in [0.25, 0.3) is 0 Å². The smallest absolute Gasteiger partial charge is 0.233 e. The lowest BCUT2D eigenvalue weighted by Crippen LogP contribution is -2.32. The summed E-state index contributed by atoms with van der Waals surface area (Å²) in [6.45, 7) is 0.318. The summed E-state index contributed by atoms with van der Waals surface area (Å²) in [7, 11) is 0. The third-order valence-electron chi connectivity index (χ3n) is 4.51. The molecule has 0 spiro atoms. The number of imide groups is 1. The fourth-order valence-electron chi connectivity index (χ4n) is 3.24. The Labute approximate surface area is 149 Å². The highest BCUT2D eigenvalue weighted by atomic mass is 79.9. The average Bonchev–Trinajstić information content (AvgIpc) is 2.82. The minimum Gasteiger partial charge on any atom is -0.326 e. The van der Waals surface area contributed by atoms with Gasteiger partial charge in [0.15, 0.2) is 0 Å². The maximum atomic E-state index is 12.3. The Bertz CT molecular complexity index is 658. The average molecular weight is 391 g/mol. The van der Waals surface area contributed by atoms with Crippen molar-refractivity contribution in [2.45, 2.75) is 25.7 Å². The maximum Gasteiger partial charge on any atom is 0.233 e. The molecule has 1 saturated heterocycles. The fraction of sp³-hybridized carbons (Fsp3) is 0.389. The second kappa shape index (κ2) is 7.30. The summed E-state index contributed by atoms with van der Waals surface area (Å²) in [5.41, 5.74) is 0.730. The molecule has 3 amide bonds. The quantitative estimate of drug-likeness (QED) is 0.620. The Morgan fingerprint density at radius 3 is 2.25 bits per heavy atom. The fourth-order valence-corrected chi connectivity index (χ4v) is 3.51. The summed E-state index contributed by atoms with van der Waals surface area (Å²) >= 11 is 3.34. The monoisotopic (exact) mass is 390 g/mol. The number of hydrogen-bond acceptors (Lipinski definition) is 3. The van der Waals surface area contributed by atoms with Gasteiger partial charge in [-0.25, -0.2) is 0 Å². The van der Waals surface area contributed by atoms with E-state index in [4.69, 9.17) is 0 Å². The SMILES string of the molecule is O=C(CCCN1C(=O)[C@H]2CC=CC[C@H]2C1=O)Nc1ccc(Br)cc1. The zero-order chi connectivity index (χ0) is 17.1. The number of carbonyl (C=O) groups is 3. The van der Waals surface area contributed by atoms with Gasteiger partial charge in [0.2, 0.25) is 17.7 Å². The maximum absolute atomic E-state index is 12.3. The van der Waals surface area contributed by atoms with E-state index >= 15 is 0 Å². The van der Waals surface area contributed by atoms with Gasteiger partial charge in [0.25, 0.3) is 0 Å². The van der Waals surface area contributed by atoms with Gasteiger partial charge in [-0.3, -0.25) is 19.3 Å². The Balaban J connectivity index is 1.48. The molecule has 1 N–H and O–H groups in total. The molecular formula is C18H19BrN2O3. The van der Waals surface area contributed by atoms with Crippen molar-refractivity contribution in [2.24, 2.45) is 11.8 Å². The summed E-state index contributed by atoms with van der Waals surface area (Å²) in [6, 6.07) is 7.33. The van der Waals surface area contributed by atoms with E-state index in [2.05, 4.69) is 21.2 Å². The molecule has 1 aromatic carbocycles. The van der Waals surface area contributed by atoms with Crippen molar-refractivity contribution in [1.82, 2.24) is 4.90 Å². The lowest BCUT2D eigenvalue weighted by Gasteiger charge is -2.14. The number of amides is 3. The van der Waals surface area contributed by atoms with Crippen molar-refractivity contribution in [3.63, 3.8) is 0 Å². The van der Waals surface area contributed by atoms with Crippen LogP contribution in [0.5, 0.6) is 0 Å². The highest BCUT2D eigenvalue weighted by Gasteiger charge is 2.46. The van der Waals surface area contributed by atoms with Gasteiger partial charge >= 0.3 is 0 Å². The van der Waals surface area contributed by atoms with E-state index in [9.17, 15) is 14.4 Å². The summed E-state index contributed by atoms with van der Waals surface area (Å²) in [6.07, 6.45) is 6.00. The Kier molecular flexibility index (Phi) is 5.14. The molecule has 2 atom stereocenters. The van der Waals surface area contributed by atoms with E-state index in [0.717, 1.165) is 10.2 Å².